The highest BCUT2D eigenvalue weighted by Crippen LogP contribution is 2.36. The maximum Gasteiger partial charge on any atom is 0.230 e. The molecule has 1 heterocycles. The van der Waals surface area contributed by atoms with E-state index in [0.29, 0.717) is 11.2 Å². The molecule has 1 amide bonds. The Balaban J connectivity index is 1.52. The van der Waals surface area contributed by atoms with E-state index in [9.17, 15) is 9.90 Å². The SMILES string of the molecule is O=C(CSc1nnnn1C1CC1)NC1(CO)CCCCC1. The first-order chi connectivity index (χ1) is 10.2. The lowest BCUT2D eigenvalue weighted by molar-refractivity contribution is -0.121. The molecule has 8 heteroatoms. The standard InChI is InChI=1S/C13H21N5O2S/c19-9-13(6-2-1-3-7-13)14-11(20)8-21-12-15-16-17-18(12)10-4-5-10/h10,19H,1-9H2,(H,14,20). The number of rotatable bonds is 6. The van der Waals surface area contributed by atoms with Gasteiger partial charge in [0.05, 0.1) is 23.9 Å². The van der Waals surface area contributed by atoms with Crippen molar-refractivity contribution in [1.82, 2.24) is 25.5 Å². The summed E-state index contributed by atoms with van der Waals surface area (Å²) in [5.74, 6) is 0.232. The highest BCUT2D eigenvalue weighted by atomic mass is 32.2. The second-order valence-electron chi connectivity index (χ2n) is 5.97. The third-order valence-electron chi connectivity index (χ3n) is 4.21. The van der Waals surface area contributed by atoms with E-state index in [2.05, 4.69) is 20.8 Å². The molecule has 0 atom stereocenters. The van der Waals surface area contributed by atoms with Crippen LogP contribution >= 0.6 is 11.8 Å². The van der Waals surface area contributed by atoms with Gasteiger partial charge in [-0.2, -0.15) is 0 Å². The Morgan fingerprint density at radius 1 is 1.38 bits per heavy atom. The van der Waals surface area contributed by atoms with Gasteiger partial charge in [0.25, 0.3) is 0 Å². The third-order valence-corrected chi connectivity index (χ3v) is 5.14. The van der Waals surface area contributed by atoms with Crippen LogP contribution < -0.4 is 5.32 Å². The van der Waals surface area contributed by atoms with E-state index in [1.165, 1.54) is 18.2 Å². The van der Waals surface area contributed by atoms with E-state index in [1.54, 1.807) is 4.68 Å². The summed E-state index contributed by atoms with van der Waals surface area (Å²) < 4.78 is 1.81. The molecule has 1 aromatic heterocycles. The van der Waals surface area contributed by atoms with E-state index >= 15 is 0 Å². The average molecular weight is 311 g/mol. The molecule has 0 aliphatic heterocycles. The van der Waals surface area contributed by atoms with Crippen molar-refractivity contribution >= 4 is 17.7 Å². The fraction of sp³-hybridized carbons (Fsp3) is 0.846. The molecule has 3 rings (SSSR count). The van der Waals surface area contributed by atoms with Gasteiger partial charge in [0, 0.05) is 0 Å². The quantitative estimate of drug-likeness (QED) is 0.759. The van der Waals surface area contributed by atoms with Gasteiger partial charge in [-0.15, -0.1) is 5.10 Å². The van der Waals surface area contributed by atoms with Crippen molar-refractivity contribution in [2.45, 2.75) is 61.7 Å². The molecule has 2 saturated carbocycles. The van der Waals surface area contributed by atoms with E-state index in [-0.39, 0.29) is 18.3 Å². The zero-order valence-corrected chi connectivity index (χ0v) is 12.8. The normalized spacial score (nSPS) is 21.2. The average Bonchev–Trinajstić information content (AvgIpc) is 3.24. The third kappa shape index (κ3) is 3.55. The van der Waals surface area contributed by atoms with Gasteiger partial charge in [-0.1, -0.05) is 31.0 Å². The number of aliphatic hydroxyl groups excluding tert-OH is 1. The van der Waals surface area contributed by atoms with Gasteiger partial charge >= 0.3 is 0 Å². The van der Waals surface area contributed by atoms with Crippen LogP contribution in [0.2, 0.25) is 0 Å². The number of aliphatic hydroxyl groups is 1. The van der Waals surface area contributed by atoms with E-state index in [4.69, 9.17) is 0 Å². The number of hydrogen-bond donors (Lipinski definition) is 2. The van der Waals surface area contributed by atoms with Gasteiger partial charge in [-0.25, -0.2) is 4.68 Å². The van der Waals surface area contributed by atoms with Crippen LogP contribution in [0.4, 0.5) is 0 Å². The van der Waals surface area contributed by atoms with E-state index in [1.807, 2.05) is 0 Å². The highest BCUT2D eigenvalue weighted by Gasteiger charge is 2.33. The second kappa shape index (κ2) is 6.31. The maximum absolute atomic E-state index is 12.1. The molecule has 0 spiro atoms. The number of carbonyl (C=O) groups excluding carboxylic acids is 1. The Morgan fingerprint density at radius 3 is 2.81 bits per heavy atom. The molecule has 1 aromatic rings. The van der Waals surface area contributed by atoms with Crippen LogP contribution in [0.25, 0.3) is 0 Å². The van der Waals surface area contributed by atoms with Crippen molar-refractivity contribution in [2.75, 3.05) is 12.4 Å². The van der Waals surface area contributed by atoms with Crippen LogP contribution in [0, 0.1) is 0 Å². The minimum absolute atomic E-state index is 0.0171. The maximum atomic E-state index is 12.1. The van der Waals surface area contributed by atoms with Crippen molar-refractivity contribution in [2.24, 2.45) is 0 Å². The lowest BCUT2D eigenvalue weighted by Crippen LogP contribution is -2.53. The molecule has 0 radical (unpaired) electrons. The Kier molecular flexibility index (Phi) is 4.44. The largest absolute Gasteiger partial charge is 0.394 e. The fourth-order valence-corrected chi connectivity index (χ4v) is 3.59. The van der Waals surface area contributed by atoms with Crippen LogP contribution in [-0.2, 0) is 4.79 Å². The summed E-state index contributed by atoms with van der Waals surface area (Å²) in [6.07, 6.45) is 7.25. The van der Waals surface area contributed by atoms with E-state index in [0.717, 1.165) is 38.5 Å². The summed E-state index contributed by atoms with van der Waals surface area (Å²) in [6.45, 7) is 0.0171. The Morgan fingerprint density at radius 2 is 2.14 bits per heavy atom. The van der Waals surface area contributed by atoms with Gasteiger partial charge in [0.1, 0.15) is 0 Å². The Bertz CT molecular complexity index is 497. The number of nitrogens with zero attached hydrogens (tertiary/aromatic N) is 4. The van der Waals surface area contributed by atoms with Crippen molar-refractivity contribution in [3.05, 3.63) is 0 Å². The van der Waals surface area contributed by atoms with Crippen LogP contribution in [-0.4, -0.2) is 49.1 Å². The van der Waals surface area contributed by atoms with Crippen LogP contribution in [0.3, 0.4) is 0 Å². The van der Waals surface area contributed by atoms with Gasteiger partial charge in [-0.3, -0.25) is 4.79 Å². The van der Waals surface area contributed by atoms with E-state index < -0.39 is 5.54 Å². The van der Waals surface area contributed by atoms with Gasteiger partial charge in [-0.05, 0) is 36.1 Å². The summed E-state index contributed by atoms with van der Waals surface area (Å²) in [6, 6.07) is 0.410. The first-order valence-corrected chi connectivity index (χ1v) is 8.53. The van der Waals surface area contributed by atoms with Crippen molar-refractivity contribution in [3.63, 3.8) is 0 Å². The Labute approximate surface area is 127 Å². The summed E-state index contributed by atoms with van der Waals surface area (Å²) in [5.41, 5.74) is -0.418. The minimum Gasteiger partial charge on any atom is -0.394 e. The number of aromatic nitrogens is 4. The summed E-state index contributed by atoms with van der Waals surface area (Å²) in [4.78, 5) is 12.1. The zero-order valence-electron chi connectivity index (χ0n) is 12.0. The molecule has 116 valence electrons. The molecular weight excluding hydrogens is 290 g/mol. The lowest BCUT2D eigenvalue weighted by atomic mass is 9.82. The fourth-order valence-electron chi connectivity index (χ4n) is 2.84. The lowest BCUT2D eigenvalue weighted by Gasteiger charge is -2.36. The van der Waals surface area contributed by atoms with Gasteiger partial charge < -0.3 is 10.4 Å². The number of hydrogen-bond acceptors (Lipinski definition) is 6. The number of amides is 1. The molecule has 2 fully saturated rings. The minimum atomic E-state index is -0.418. The molecule has 2 aliphatic carbocycles. The highest BCUT2D eigenvalue weighted by molar-refractivity contribution is 7.99. The molecule has 7 nitrogen and oxygen atoms in total. The smallest absolute Gasteiger partial charge is 0.230 e. The first kappa shape index (κ1) is 14.8. The second-order valence-corrected chi connectivity index (χ2v) is 6.92. The first-order valence-electron chi connectivity index (χ1n) is 7.55. The van der Waals surface area contributed by atoms with Crippen LogP contribution in [0.5, 0.6) is 0 Å². The number of tetrazole rings is 1. The molecule has 0 bridgehead atoms. The number of thioether (sulfide) groups is 1. The van der Waals surface area contributed by atoms with Gasteiger partial charge in [0.15, 0.2) is 0 Å². The topological polar surface area (TPSA) is 92.9 Å². The molecule has 2 N–H and O–H groups in total. The summed E-state index contributed by atoms with van der Waals surface area (Å²) in [7, 11) is 0. The van der Waals surface area contributed by atoms with Crippen molar-refractivity contribution in [1.29, 1.82) is 0 Å². The molecule has 0 aromatic carbocycles. The summed E-state index contributed by atoms with van der Waals surface area (Å²) >= 11 is 1.36. The molecule has 0 saturated heterocycles. The summed E-state index contributed by atoms with van der Waals surface area (Å²) in [5, 5.41) is 24.9. The predicted octanol–water partition coefficient (Wildman–Crippen LogP) is 0.911. The van der Waals surface area contributed by atoms with Crippen LogP contribution in [0.15, 0.2) is 5.16 Å². The molecule has 2 aliphatic rings. The van der Waals surface area contributed by atoms with Crippen molar-refractivity contribution < 1.29 is 9.90 Å². The predicted molar refractivity (Wildman–Crippen MR) is 77.9 cm³/mol. The molecular formula is C13H21N5O2S. The monoisotopic (exact) mass is 311 g/mol. The number of nitrogens with one attached hydrogen (secondary N) is 1. The van der Waals surface area contributed by atoms with Crippen molar-refractivity contribution in [3.8, 4) is 0 Å². The molecule has 0 unspecified atom stereocenters. The van der Waals surface area contributed by atoms with Gasteiger partial charge in [0.2, 0.25) is 11.1 Å². The number of carbonyl (C=O) groups is 1. The zero-order chi connectivity index (χ0) is 14.7. The molecule has 21 heavy (non-hydrogen) atoms. The van der Waals surface area contributed by atoms with Crippen LogP contribution in [0.1, 0.15) is 51.0 Å². The Hall–Kier alpha value is -1.15.